The molecule has 1 atom stereocenters. The van der Waals surface area contributed by atoms with Gasteiger partial charge < -0.3 is 5.73 Å². The van der Waals surface area contributed by atoms with Crippen LogP contribution in [0.3, 0.4) is 0 Å². The Morgan fingerprint density at radius 2 is 2.00 bits per heavy atom. The minimum absolute atomic E-state index is 0.111. The second-order valence-electron chi connectivity index (χ2n) is 3.69. The molecular formula is C12H10Cl2FNS. The highest BCUT2D eigenvalue weighted by molar-refractivity contribution is 7.16. The molecular weight excluding hydrogens is 280 g/mol. The lowest BCUT2D eigenvalue weighted by atomic mass is 10.0. The lowest BCUT2D eigenvalue weighted by Crippen LogP contribution is -2.12. The number of nitrogens with two attached hydrogens (primary N) is 1. The van der Waals surface area contributed by atoms with Crippen LogP contribution < -0.4 is 5.73 Å². The second-order valence-corrected chi connectivity index (χ2v) is 5.90. The Morgan fingerprint density at radius 3 is 2.59 bits per heavy atom. The van der Waals surface area contributed by atoms with E-state index >= 15 is 0 Å². The molecule has 0 bridgehead atoms. The van der Waals surface area contributed by atoms with Gasteiger partial charge in [-0.2, -0.15) is 0 Å². The van der Waals surface area contributed by atoms with Gasteiger partial charge in [-0.25, -0.2) is 4.39 Å². The first kappa shape index (κ1) is 12.8. The van der Waals surface area contributed by atoms with E-state index in [1.54, 1.807) is 6.07 Å². The quantitative estimate of drug-likeness (QED) is 0.888. The minimum atomic E-state index is -0.441. The second kappa shape index (κ2) is 5.36. The van der Waals surface area contributed by atoms with Gasteiger partial charge in [-0.1, -0.05) is 29.3 Å². The highest BCUT2D eigenvalue weighted by Gasteiger charge is 2.11. The number of hydrogen-bond acceptors (Lipinski definition) is 2. The van der Waals surface area contributed by atoms with E-state index in [1.807, 2.05) is 12.1 Å². The van der Waals surface area contributed by atoms with Gasteiger partial charge in [0.1, 0.15) is 5.82 Å². The van der Waals surface area contributed by atoms with Crippen LogP contribution in [0.15, 0.2) is 30.3 Å². The summed E-state index contributed by atoms with van der Waals surface area (Å²) in [6.45, 7) is 0. The van der Waals surface area contributed by atoms with Crippen LogP contribution in [-0.4, -0.2) is 0 Å². The summed E-state index contributed by atoms with van der Waals surface area (Å²) in [5.74, 6) is -0.441. The summed E-state index contributed by atoms with van der Waals surface area (Å²) in [5, 5.41) is 0.111. The summed E-state index contributed by atoms with van der Waals surface area (Å²) in [7, 11) is 0. The van der Waals surface area contributed by atoms with Crippen LogP contribution >= 0.6 is 34.5 Å². The molecule has 2 aromatic rings. The van der Waals surface area contributed by atoms with Gasteiger partial charge in [-0.15, -0.1) is 11.3 Å². The summed E-state index contributed by atoms with van der Waals surface area (Å²) in [6.07, 6.45) is 0.637. The fourth-order valence-corrected chi connectivity index (χ4v) is 2.80. The van der Waals surface area contributed by atoms with E-state index < -0.39 is 5.82 Å². The molecule has 0 aliphatic carbocycles. The van der Waals surface area contributed by atoms with Crippen molar-refractivity contribution in [1.29, 1.82) is 0 Å². The molecule has 1 heterocycles. The van der Waals surface area contributed by atoms with E-state index in [4.69, 9.17) is 28.9 Å². The number of rotatable bonds is 3. The first-order chi connectivity index (χ1) is 8.06. The Labute approximate surface area is 113 Å². The Balaban J connectivity index is 2.14. The third kappa shape index (κ3) is 3.19. The smallest absolute Gasteiger partial charge is 0.142 e. The SMILES string of the molecule is NC(Cc1ccc(Cl)s1)c1ccc(Cl)c(F)c1. The Kier molecular flexibility index (Phi) is 4.05. The molecule has 2 N–H and O–H groups in total. The van der Waals surface area contributed by atoms with Crippen LogP contribution in [-0.2, 0) is 6.42 Å². The molecule has 1 unspecified atom stereocenters. The van der Waals surface area contributed by atoms with Crippen molar-refractivity contribution in [3.05, 3.63) is 55.9 Å². The maximum absolute atomic E-state index is 13.3. The van der Waals surface area contributed by atoms with Crippen molar-refractivity contribution in [2.45, 2.75) is 12.5 Å². The molecule has 5 heteroatoms. The molecule has 0 radical (unpaired) electrons. The number of halogens is 3. The van der Waals surface area contributed by atoms with Crippen molar-refractivity contribution < 1.29 is 4.39 Å². The van der Waals surface area contributed by atoms with Crippen LogP contribution in [0.1, 0.15) is 16.5 Å². The zero-order valence-electron chi connectivity index (χ0n) is 8.79. The lowest BCUT2D eigenvalue weighted by molar-refractivity contribution is 0.619. The van der Waals surface area contributed by atoms with Crippen molar-refractivity contribution in [2.24, 2.45) is 5.73 Å². The van der Waals surface area contributed by atoms with Crippen LogP contribution in [0, 0.1) is 5.82 Å². The fraction of sp³-hybridized carbons (Fsp3) is 0.167. The van der Waals surface area contributed by atoms with Crippen molar-refractivity contribution in [2.75, 3.05) is 0 Å². The van der Waals surface area contributed by atoms with Crippen molar-refractivity contribution in [1.82, 2.24) is 0 Å². The summed E-state index contributed by atoms with van der Waals surface area (Å²) in [4.78, 5) is 1.08. The molecule has 0 amide bonds. The van der Waals surface area contributed by atoms with Gasteiger partial charge in [0, 0.05) is 17.3 Å². The summed E-state index contributed by atoms with van der Waals surface area (Å²) in [6, 6.07) is 8.15. The van der Waals surface area contributed by atoms with Crippen molar-refractivity contribution >= 4 is 34.5 Å². The maximum Gasteiger partial charge on any atom is 0.142 e. The van der Waals surface area contributed by atoms with Crippen molar-refractivity contribution in [3.8, 4) is 0 Å². The highest BCUT2D eigenvalue weighted by atomic mass is 35.5. The lowest BCUT2D eigenvalue weighted by Gasteiger charge is -2.11. The van der Waals surface area contributed by atoms with E-state index in [9.17, 15) is 4.39 Å². The molecule has 0 saturated carbocycles. The average molecular weight is 290 g/mol. The molecule has 2 rings (SSSR count). The molecule has 0 spiro atoms. The molecule has 1 nitrogen and oxygen atoms in total. The third-order valence-corrected chi connectivity index (χ3v) is 3.98. The average Bonchev–Trinajstić information content (AvgIpc) is 2.68. The monoisotopic (exact) mass is 289 g/mol. The van der Waals surface area contributed by atoms with E-state index in [0.29, 0.717) is 6.42 Å². The first-order valence-electron chi connectivity index (χ1n) is 5.01. The molecule has 0 fully saturated rings. The van der Waals surface area contributed by atoms with E-state index in [2.05, 4.69) is 0 Å². The zero-order chi connectivity index (χ0) is 12.4. The number of hydrogen-bond donors (Lipinski definition) is 1. The molecule has 0 aliphatic heterocycles. The van der Waals surface area contributed by atoms with Gasteiger partial charge in [0.25, 0.3) is 0 Å². The van der Waals surface area contributed by atoms with Gasteiger partial charge in [0.2, 0.25) is 0 Å². The summed E-state index contributed by atoms with van der Waals surface area (Å²) in [5.41, 5.74) is 6.74. The highest BCUT2D eigenvalue weighted by Crippen LogP contribution is 2.26. The molecule has 17 heavy (non-hydrogen) atoms. The van der Waals surface area contributed by atoms with Crippen molar-refractivity contribution in [3.63, 3.8) is 0 Å². The van der Waals surface area contributed by atoms with E-state index in [0.717, 1.165) is 14.8 Å². The van der Waals surface area contributed by atoms with Crippen LogP contribution in [0.2, 0.25) is 9.36 Å². The van der Waals surface area contributed by atoms with Gasteiger partial charge in [0.05, 0.1) is 9.36 Å². The van der Waals surface area contributed by atoms with Gasteiger partial charge in [-0.05, 0) is 29.8 Å². The normalized spacial score (nSPS) is 12.7. The molecule has 1 aromatic carbocycles. The van der Waals surface area contributed by atoms with Gasteiger partial charge >= 0.3 is 0 Å². The zero-order valence-corrected chi connectivity index (χ0v) is 11.1. The predicted octanol–water partition coefficient (Wildman–Crippen LogP) is 4.44. The third-order valence-electron chi connectivity index (χ3n) is 2.42. The largest absolute Gasteiger partial charge is 0.324 e. The minimum Gasteiger partial charge on any atom is -0.324 e. The number of thiophene rings is 1. The Hall–Kier alpha value is -0.610. The van der Waals surface area contributed by atoms with Crippen LogP contribution in [0.4, 0.5) is 4.39 Å². The van der Waals surface area contributed by atoms with Crippen LogP contribution in [0.5, 0.6) is 0 Å². The predicted molar refractivity (Wildman–Crippen MR) is 71.4 cm³/mol. The molecule has 90 valence electrons. The van der Waals surface area contributed by atoms with Gasteiger partial charge in [-0.3, -0.25) is 0 Å². The number of benzene rings is 1. The summed E-state index contributed by atoms with van der Waals surface area (Å²) >= 11 is 12.9. The topological polar surface area (TPSA) is 26.0 Å². The first-order valence-corrected chi connectivity index (χ1v) is 6.58. The maximum atomic E-state index is 13.3. The van der Waals surface area contributed by atoms with E-state index in [-0.39, 0.29) is 11.1 Å². The molecule has 0 aliphatic rings. The summed E-state index contributed by atoms with van der Waals surface area (Å²) < 4.78 is 14.0. The standard InChI is InChI=1S/C12H10Cl2FNS/c13-9-3-1-7(5-10(9)15)11(16)6-8-2-4-12(14)17-8/h1-5,11H,6,16H2. The molecule has 1 aromatic heterocycles. The molecule has 0 saturated heterocycles. The fourth-order valence-electron chi connectivity index (χ4n) is 1.54. The van der Waals surface area contributed by atoms with Gasteiger partial charge in [0.15, 0.2) is 0 Å². The van der Waals surface area contributed by atoms with E-state index in [1.165, 1.54) is 23.5 Å². The van der Waals surface area contributed by atoms with Crippen LogP contribution in [0.25, 0.3) is 0 Å². The Bertz CT molecular complexity index is 527. The Morgan fingerprint density at radius 1 is 1.24 bits per heavy atom.